The molecular weight excluding hydrogens is 194 g/mol. The molecule has 2 heterocycles. The van der Waals surface area contributed by atoms with E-state index < -0.39 is 0 Å². The largest absolute Gasteiger partial charge is 0.391 e. The molecule has 14 heavy (non-hydrogen) atoms. The van der Waals surface area contributed by atoms with Crippen molar-refractivity contribution in [3.05, 3.63) is 10.9 Å². The highest BCUT2D eigenvalue weighted by Crippen LogP contribution is 2.32. The number of thiophene rings is 1. The van der Waals surface area contributed by atoms with Crippen molar-refractivity contribution in [3.63, 3.8) is 0 Å². The fraction of sp³-hybridized carbons (Fsp3) is 0.600. The third kappa shape index (κ3) is 1.86. The van der Waals surface area contributed by atoms with Gasteiger partial charge in [-0.3, -0.25) is 0 Å². The topological polar surface area (TPSA) is 41.3 Å². The van der Waals surface area contributed by atoms with Gasteiger partial charge >= 0.3 is 0 Å². The first-order valence-corrected chi connectivity index (χ1v) is 5.96. The van der Waals surface area contributed by atoms with Crippen LogP contribution in [0.5, 0.6) is 0 Å². The van der Waals surface area contributed by atoms with Crippen LogP contribution in [-0.2, 0) is 6.42 Å². The first-order chi connectivity index (χ1) is 6.81. The van der Waals surface area contributed by atoms with Gasteiger partial charge in [-0.2, -0.15) is 0 Å². The Morgan fingerprint density at radius 2 is 2.21 bits per heavy atom. The van der Waals surface area contributed by atoms with E-state index in [1.165, 1.54) is 10.6 Å². The maximum absolute atomic E-state index is 5.84. The summed E-state index contributed by atoms with van der Waals surface area (Å²) in [6, 6.07) is 2.12. The molecule has 1 aliphatic heterocycles. The number of rotatable bonds is 2. The van der Waals surface area contributed by atoms with Gasteiger partial charge in [0.25, 0.3) is 0 Å². The van der Waals surface area contributed by atoms with Crippen LogP contribution in [0.1, 0.15) is 11.8 Å². The highest BCUT2D eigenvalue weighted by molar-refractivity contribution is 7.16. The fourth-order valence-corrected chi connectivity index (χ4v) is 2.76. The maximum Gasteiger partial charge on any atom is 0.0880 e. The molecule has 0 unspecified atom stereocenters. The van der Waals surface area contributed by atoms with Crippen LogP contribution in [0, 0.1) is 0 Å². The molecule has 1 fully saturated rings. The molecule has 0 aliphatic carbocycles. The third-order valence-corrected chi connectivity index (χ3v) is 3.68. The number of anilines is 2. The van der Waals surface area contributed by atoms with E-state index >= 15 is 0 Å². The average Bonchev–Trinajstić information content (AvgIpc) is 2.61. The highest BCUT2D eigenvalue weighted by atomic mass is 32.1. The normalized spacial score (nSPS) is 17.4. The first-order valence-electron chi connectivity index (χ1n) is 5.15. The van der Waals surface area contributed by atoms with E-state index in [4.69, 9.17) is 5.73 Å². The summed E-state index contributed by atoms with van der Waals surface area (Å²) in [5, 5.41) is 4.30. The number of aryl methyl sites for hydroxylation is 1. The second kappa shape index (κ2) is 4.19. The Hall–Kier alpha value is -0.740. The van der Waals surface area contributed by atoms with Gasteiger partial charge in [-0.1, -0.05) is 6.92 Å². The molecular formula is C10H17N3S. The minimum absolute atomic E-state index is 0.940. The number of nitrogens with one attached hydrogen (secondary N) is 1. The van der Waals surface area contributed by atoms with Gasteiger partial charge in [0.05, 0.1) is 10.7 Å². The molecule has 0 spiro atoms. The van der Waals surface area contributed by atoms with Gasteiger partial charge in [0.15, 0.2) is 0 Å². The van der Waals surface area contributed by atoms with E-state index in [1.54, 1.807) is 11.3 Å². The lowest BCUT2D eigenvalue weighted by atomic mass is 10.2. The predicted molar refractivity (Wildman–Crippen MR) is 63.2 cm³/mol. The van der Waals surface area contributed by atoms with Crippen molar-refractivity contribution in [1.29, 1.82) is 0 Å². The molecule has 1 aliphatic rings. The Morgan fingerprint density at radius 3 is 2.86 bits per heavy atom. The lowest BCUT2D eigenvalue weighted by molar-refractivity contribution is 0.588. The van der Waals surface area contributed by atoms with Gasteiger partial charge in [0.2, 0.25) is 0 Å². The molecule has 4 heteroatoms. The SMILES string of the molecule is CCc1sc(N)cc1N1CCNCC1. The van der Waals surface area contributed by atoms with Crippen LogP contribution in [0.15, 0.2) is 6.07 Å². The number of nitrogen functional groups attached to an aromatic ring is 1. The maximum atomic E-state index is 5.84. The fourth-order valence-electron chi connectivity index (χ4n) is 1.87. The molecule has 0 saturated carbocycles. The van der Waals surface area contributed by atoms with Crippen molar-refractivity contribution in [2.75, 3.05) is 36.8 Å². The van der Waals surface area contributed by atoms with Gasteiger partial charge in [0, 0.05) is 31.1 Å². The average molecular weight is 211 g/mol. The van der Waals surface area contributed by atoms with E-state index in [-0.39, 0.29) is 0 Å². The molecule has 0 radical (unpaired) electrons. The van der Waals surface area contributed by atoms with Gasteiger partial charge in [-0.15, -0.1) is 11.3 Å². The molecule has 0 aromatic carbocycles. The summed E-state index contributed by atoms with van der Waals surface area (Å²) < 4.78 is 0. The van der Waals surface area contributed by atoms with Gasteiger partial charge in [0.1, 0.15) is 0 Å². The quantitative estimate of drug-likeness (QED) is 0.775. The van der Waals surface area contributed by atoms with E-state index in [9.17, 15) is 0 Å². The van der Waals surface area contributed by atoms with Crippen LogP contribution in [-0.4, -0.2) is 26.2 Å². The monoisotopic (exact) mass is 211 g/mol. The Bertz CT molecular complexity index is 302. The van der Waals surface area contributed by atoms with Crippen molar-refractivity contribution in [2.24, 2.45) is 0 Å². The molecule has 1 saturated heterocycles. The van der Waals surface area contributed by atoms with Crippen LogP contribution >= 0.6 is 11.3 Å². The van der Waals surface area contributed by atoms with E-state index in [0.29, 0.717) is 0 Å². The molecule has 0 amide bonds. The Morgan fingerprint density at radius 1 is 1.50 bits per heavy atom. The zero-order chi connectivity index (χ0) is 9.97. The lowest BCUT2D eigenvalue weighted by Crippen LogP contribution is -2.43. The van der Waals surface area contributed by atoms with Crippen molar-refractivity contribution >= 4 is 22.0 Å². The standard InChI is InChI=1S/C10H17N3S/c1-2-9-8(7-10(11)14-9)13-5-3-12-4-6-13/h7,12H,2-6,11H2,1H3. The zero-order valence-electron chi connectivity index (χ0n) is 8.55. The third-order valence-electron chi connectivity index (χ3n) is 2.58. The second-order valence-corrected chi connectivity index (χ2v) is 4.72. The van der Waals surface area contributed by atoms with Crippen molar-refractivity contribution in [1.82, 2.24) is 5.32 Å². The minimum atomic E-state index is 0.940. The summed E-state index contributed by atoms with van der Waals surface area (Å²) in [6.45, 7) is 6.56. The van der Waals surface area contributed by atoms with Gasteiger partial charge in [-0.05, 0) is 12.5 Å². The molecule has 78 valence electrons. The molecule has 1 aromatic heterocycles. The summed E-state index contributed by atoms with van der Waals surface area (Å²) in [6.07, 6.45) is 1.08. The van der Waals surface area contributed by atoms with Gasteiger partial charge in [-0.25, -0.2) is 0 Å². The minimum Gasteiger partial charge on any atom is -0.391 e. The molecule has 1 aromatic rings. The molecule has 3 N–H and O–H groups in total. The van der Waals surface area contributed by atoms with Crippen molar-refractivity contribution < 1.29 is 0 Å². The lowest BCUT2D eigenvalue weighted by Gasteiger charge is -2.29. The van der Waals surface area contributed by atoms with Crippen LogP contribution in [0.3, 0.4) is 0 Å². The Balaban J connectivity index is 2.20. The van der Waals surface area contributed by atoms with Gasteiger partial charge < -0.3 is 16.0 Å². The molecule has 0 atom stereocenters. The summed E-state index contributed by atoms with van der Waals surface area (Å²) in [5.41, 5.74) is 7.20. The second-order valence-electron chi connectivity index (χ2n) is 3.55. The van der Waals surface area contributed by atoms with Crippen LogP contribution in [0.25, 0.3) is 0 Å². The highest BCUT2D eigenvalue weighted by Gasteiger charge is 2.15. The number of hydrogen-bond acceptors (Lipinski definition) is 4. The zero-order valence-corrected chi connectivity index (χ0v) is 9.36. The Labute approximate surface area is 88.9 Å². The summed E-state index contributed by atoms with van der Waals surface area (Å²) >= 11 is 1.72. The predicted octanol–water partition coefficient (Wildman–Crippen LogP) is 1.30. The summed E-state index contributed by atoms with van der Waals surface area (Å²) in [7, 11) is 0. The number of nitrogens with zero attached hydrogens (tertiary/aromatic N) is 1. The molecule has 3 nitrogen and oxygen atoms in total. The number of hydrogen-bond donors (Lipinski definition) is 2. The van der Waals surface area contributed by atoms with Crippen LogP contribution < -0.4 is 16.0 Å². The molecule has 2 rings (SSSR count). The number of nitrogens with two attached hydrogens (primary N) is 1. The smallest absolute Gasteiger partial charge is 0.0880 e. The summed E-state index contributed by atoms with van der Waals surface area (Å²) in [5.74, 6) is 0. The van der Waals surface area contributed by atoms with Crippen LogP contribution in [0.2, 0.25) is 0 Å². The van der Waals surface area contributed by atoms with Crippen LogP contribution in [0.4, 0.5) is 10.7 Å². The number of piperazine rings is 1. The molecule has 0 bridgehead atoms. The van der Waals surface area contributed by atoms with Crippen molar-refractivity contribution in [2.45, 2.75) is 13.3 Å². The Kier molecular flexibility index (Phi) is 2.93. The van der Waals surface area contributed by atoms with E-state index in [2.05, 4.69) is 23.2 Å². The van der Waals surface area contributed by atoms with E-state index in [1.807, 2.05) is 0 Å². The van der Waals surface area contributed by atoms with Crippen molar-refractivity contribution in [3.8, 4) is 0 Å². The summed E-state index contributed by atoms with van der Waals surface area (Å²) in [4.78, 5) is 3.85. The first kappa shape index (κ1) is 9.80. The van der Waals surface area contributed by atoms with E-state index in [0.717, 1.165) is 37.6 Å².